The number of nitrogens with zero attached hydrogens (tertiary/aromatic N) is 1. The van der Waals surface area contributed by atoms with Crippen LogP contribution in [-0.4, -0.2) is 43.2 Å². The Bertz CT molecular complexity index is 383. The maximum atomic E-state index is 13.0. The molecular formula is C23H44BrNO2. The number of hydrogen-bond acceptors (Lipinski definition) is 2. The van der Waals surface area contributed by atoms with E-state index in [0.29, 0.717) is 18.4 Å². The standard InChI is InChI=1S/C23H44NO2.BrH/c1-4-7-12-17-24(5-2,6-3)18-19-26-23(25)22(20-13-8-9-14-20)21-15-10-11-16-21;/h20-22H,4-19H2,1-3H3;1H/q+1;/p-1. The number of quaternary nitrogens is 1. The molecule has 0 saturated heterocycles. The number of halogens is 1. The molecule has 0 radical (unpaired) electrons. The molecule has 0 N–H and O–H groups in total. The number of hydrogen-bond donors (Lipinski definition) is 0. The van der Waals surface area contributed by atoms with Crippen molar-refractivity contribution in [1.29, 1.82) is 0 Å². The predicted molar refractivity (Wildman–Crippen MR) is 109 cm³/mol. The first-order valence-corrected chi connectivity index (χ1v) is 11.7. The Morgan fingerprint density at radius 1 is 0.889 bits per heavy atom. The summed E-state index contributed by atoms with van der Waals surface area (Å²) in [5.41, 5.74) is 0. The topological polar surface area (TPSA) is 26.3 Å². The zero-order valence-electron chi connectivity index (χ0n) is 18.2. The average molecular weight is 447 g/mol. The zero-order valence-corrected chi connectivity index (χ0v) is 19.8. The largest absolute Gasteiger partial charge is 1.00 e. The number of likely N-dealkylation sites (N-methyl/N-ethyl adjacent to an activating group) is 1. The van der Waals surface area contributed by atoms with E-state index in [9.17, 15) is 4.79 Å². The first-order valence-electron chi connectivity index (χ1n) is 11.7. The molecule has 2 saturated carbocycles. The summed E-state index contributed by atoms with van der Waals surface area (Å²) >= 11 is 0. The van der Waals surface area contributed by atoms with Crippen LogP contribution < -0.4 is 17.0 Å². The number of rotatable bonds is 12. The normalized spacial score (nSPS) is 18.8. The van der Waals surface area contributed by atoms with Gasteiger partial charge < -0.3 is 26.2 Å². The van der Waals surface area contributed by atoms with Gasteiger partial charge in [0.25, 0.3) is 0 Å². The monoisotopic (exact) mass is 445 g/mol. The van der Waals surface area contributed by atoms with E-state index in [4.69, 9.17) is 4.74 Å². The van der Waals surface area contributed by atoms with Crippen LogP contribution in [-0.2, 0) is 9.53 Å². The summed E-state index contributed by atoms with van der Waals surface area (Å²) in [6.45, 7) is 12.0. The van der Waals surface area contributed by atoms with Gasteiger partial charge >= 0.3 is 5.97 Å². The fourth-order valence-electron chi connectivity index (χ4n) is 5.50. The lowest BCUT2D eigenvalue weighted by molar-refractivity contribution is -0.925. The van der Waals surface area contributed by atoms with Crippen molar-refractivity contribution < 1.29 is 31.0 Å². The number of carbonyl (C=O) groups is 1. The molecular weight excluding hydrogens is 402 g/mol. The third-order valence-corrected chi connectivity index (χ3v) is 7.48. The molecule has 0 heterocycles. The molecule has 0 aliphatic heterocycles. The Morgan fingerprint density at radius 3 is 1.85 bits per heavy atom. The van der Waals surface area contributed by atoms with E-state index in [1.807, 2.05) is 0 Å². The second kappa shape index (κ2) is 13.2. The van der Waals surface area contributed by atoms with Crippen molar-refractivity contribution in [3.05, 3.63) is 0 Å². The van der Waals surface area contributed by atoms with Gasteiger partial charge in [0.15, 0.2) is 0 Å². The quantitative estimate of drug-likeness (QED) is 0.262. The molecule has 2 aliphatic carbocycles. The van der Waals surface area contributed by atoms with Gasteiger partial charge in [-0.25, -0.2) is 0 Å². The first-order chi connectivity index (χ1) is 12.7. The van der Waals surface area contributed by atoms with E-state index in [-0.39, 0.29) is 28.9 Å². The molecule has 0 atom stereocenters. The third-order valence-electron chi connectivity index (χ3n) is 7.48. The van der Waals surface area contributed by atoms with Crippen molar-refractivity contribution in [1.82, 2.24) is 0 Å². The fraction of sp³-hybridized carbons (Fsp3) is 0.957. The molecule has 0 spiro atoms. The minimum absolute atomic E-state index is 0. The van der Waals surface area contributed by atoms with Gasteiger partial charge in [0.1, 0.15) is 13.2 Å². The van der Waals surface area contributed by atoms with E-state index in [1.165, 1.54) is 77.2 Å². The number of carbonyl (C=O) groups excluding carboxylic acids is 1. The van der Waals surface area contributed by atoms with Crippen LogP contribution in [0.1, 0.15) is 91.4 Å². The summed E-state index contributed by atoms with van der Waals surface area (Å²) in [4.78, 5) is 13.0. The highest BCUT2D eigenvalue weighted by Crippen LogP contribution is 2.42. The van der Waals surface area contributed by atoms with Gasteiger partial charge in [0, 0.05) is 0 Å². The van der Waals surface area contributed by atoms with Gasteiger partial charge in [-0.2, -0.15) is 0 Å². The molecule has 0 aromatic heterocycles. The molecule has 0 aromatic carbocycles. The summed E-state index contributed by atoms with van der Waals surface area (Å²) in [5, 5.41) is 0. The Balaban J connectivity index is 0.00000364. The summed E-state index contributed by atoms with van der Waals surface area (Å²) < 4.78 is 7.04. The minimum Gasteiger partial charge on any atom is -1.00 e. The number of unbranched alkanes of at least 4 members (excludes halogenated alkanes) is 2. The molecule has 2 aliphatic rings. The Labute approximate surface area is 179 Å². The molecule has 2 fully saturated rings. The lowest BCUT2D eigenvalue weighted by atomic mass is 9.79. The fourth-order valence-corrected chi connectivity index (χ4v) is 5.50. The second-order valence-corrected chi connectivity index (χ2v) is 8.91. The first kappa shape index (κ1) is 24.9. The minimum atomic E-state index is 0. The molecule has 0 bridgehead atoms. The highest BCUT2D eigenvalue weighted by atomic mass is 79.9. The van der Waals surface area contributed by atoms with Crippen LogP contribution in [0.25, 0.3) is 0 Å². The molecule has 27 heavy (non-hydrogen) atoms. The molecule has 0 unspecified atom stereocenters. The highest BCUT2D eigenvalue weighted by molar-refractivity contribution is 5.73. The molecule has 0 amide bonds. The molecule has 0 aromatic rings. The van der Waals surface area contributed by atoms with E-state index in [1.54, 1.807) is 0 Å². The van der Waals surface area contributed by atoms with Crippen LogP contribution in [0.15, 0.2) is 0 Å². The summed E-state index contributed by atoms with van der Waals surface area (Å²) in [6.07, 6.45) is 14.1. The van der Waals surface area contributed by atoms with E-state index < -0.39 is 0 Å². The summed E-state index contributed by atoms with van der Waals surface area (Å²) in [6, 6.07) is 0. The Kier molecular flexibility index (Phi) is 12.2. The molecule has 160 valence electrons. The lowest BCUT2D eigenvalue weighted by Gasteiger charge is -2.37. The second-order valence-electron chi connectivity index (χ2n) is 8.91. The van der Waals surface area contributed by atoms with Crippen molar-refractivity contribution >= 4 is 5.97 Å². The van der Waals surface area contributed by atoms with Gasteiger partial charge in [-0.05, 0) is 64.2 Å². The molecule has 4 heteroatoms. The number of ether oxygens (including phenoxy) is 1. The highest BCUT2D eigenvalue weighted by Gasteiger charge is 2.39. The van der Waals surface area contributed by atoms with E-state index >= 15 is 0 Å². The van der Waals surface area contributed by atoms with Gasteiger partial charge in [-0.15, -0.1) is 0 Å². The molecule has 2 rings (SSSR count). The van der Waals surface area contributed by atoms with E-state index in [0.717, 1.165) is 24.1 Å². The van der Waals surface area contributed by atoms with Crippen LogP contribution in [0.2, 0.25) is 0 Å². The SMILES string of the molecule is CCCCC[N+](CC)(CC)CCOC(=O)C(C1CCCC1)C1CCCC1.[Br-]. The van der Waals surface area contributed by atoms with Gasteiger partial charge in [-0.3, -0.25) is 4.79 Å². The Hall–Kier alpha value is -0.0900. The number of esters is 1. The van der Waals surface area contributed by atoms with Crippen molar-refractivity contribution in [2.24, 2.45) is 17.8 Å². The van der Waals surface area contributed by atoms with Crippen LogP contribution in [0.3, 0.4) is 0 Å². The van der Waals surface area contributed by atoms with Crippen LogP contribution >= 0.6 is 0 Å². The van der Waals surface area contributed by atoms with Crippen molar-refractivity contribution in [2.75, 3.05) is 32.8 Å². The lowest BCUT2D eigenvalue weighted by Crippen LogP contribution is -3.00. The summed E-state index contributed by atoms with van der Waals surface area (Å²) in [7, 11) is 0. The van der Waals surface area contributed by atoms with Crippen molar-refractivity contribution in [3.63, 3.8) is 0 Å². The maximum absolute atomic E-state index is 13.0. The Morgan fingerprint density at radius 2 is 1.41 bits per heavy atom. The predicted octanol–water partition coefficient (Wildman–Crippen LogP) is 2.58. The average Bonchev–Trinajstić information content (AvgIpc) is 3.36. The van der Waals surface area contributed by atoms with Crippen molar-refractivity contribution in [3.8, 4) is 0 Å². The third kappa shape index (κ3) is 7.34. The van der Waals surface area contributed by atoms with Gasteiger partial charge in [0.05, 0.1) is 25.6 Å². The van der Waals surface area contributed by atoms with Crippen LogP contribution in [0, 0.1) is 17.8 Å². The summed E-state index contributed by atoms with van der Waals surface area (Å²) in [5.74, 6) is 1.55. The van der Waals surface area contributed by atoms with Gasteiger partial charge in [-0.1, -0.05) is 39.0 Å². The van der Waals surface area contributed by atoms with Crippen LogP contribution in [0.5, 0.6) is 0 Å². The zero-order chi connectivity index (χ0) is 18.8. The van der Waals surface area contributed by atoms with Crippen LogP contribution in [0.4, 0.5) is 0 Å². The maximum Gasteiger partial charge on any atom is 0.309 e. The van der Waals surface area contributed by atoms with E-state index in [2.05, 4.69) is 20.8 Å². The van der Waals surface area contributed by atoms with Crippen molar-refractivity contribution in [2.45, 2.75) is 91.4 Å². The smallest absolute Gasteiger partial charge is 0.309 e. The van der Waals surface area contributed by atoms with Gasteiger partial charge in [0.2, 0.25) is 0 Å². The molecule has 3 nitrogen and oxygen atoms in total.